The molecule has 0 aliphatic heterocycles. The summed E-state index contributed by atoms with van der Waals surface area (Å²) in [5, 5.41) is 19.9. The second-order valence-corrected chi connectivity index (χ2v) is 6.28. The summed E-state index contributed by atoms with van der Waals surface area (Å²) in [5.74, 6) is -2.23. The van der Waals surface area contributed by atoms with E-state index in [2.05, 4.69) is 0 Å². The number of rotatable bonds is 4. The van der Waals surface area contributed by atoms with E-state index < -0.39 is 22.3 Å². The Hall–Kier alpha value is -1.68. The Morgan fingerprint density at radius 2 is 2.00 bits per heavy atom. The number of benzene rings is 2. The lowest BCUT2D eigenvalue weighted by Gasteiger charge is -2.05. The monoisotopic (exact) mass is 419 g/mol. The molecule has 0 unspecified atom stereocenters. The molecule has 0 aliphatic carbocycles. The normalized spacial score (nSPS) is 10.4. The van der Waals surface area contributed by atoms with Gasteiger partial charge in [0, 0.05) is 14.5 Å². The molecule has 2 rings (SSSR count). The highest BCUT2D eigenvalue weighted by Crippen LogP contribution is 2.36. The first-order chi connectivity index (χ1) is 9.88. The molecule has 0 saturated carbocycles. The van der Waals surface area contributed by atoms with E-state index in [1.165, 1.54) is 12.1 Å². The fourth-order valence-electron chi connectivity index (χ4n) is 1.58. The van der Waals surface area contributed by atoms with Crippen LogP contribution >= 0.6 is 34.4 Å². The number of carbonyl (C=O) groups is 1. The van der Waals surface area contributed by atoms with E-state index in [0.29, 0.717) is 13.4 Å². The van der Waals surface area contributed by atoms with Gasteiger partial charge in [-0.05, 0) is 52.9 Å². The van der Waals surface area contributed by atoms with Crippen molar-refractivity contribution in [1.82, 2.24) is 0 Å². The summed E-state index contributed by atoms with van der Waals surface area (Å²) in [6.07, 6.45) is 0. The van der Waals surface area contributed by atoms with Gasteiger partial charge in [0.15, 0.2) is 0 Å². The average molecular weight is 419 g/mol. The molecule has 21 heavy (non-hydrogen) atoms. The SMILES string of the molecule is O=C(O)c1cc(Sc2ccc(I)cc2[N+](=O)[O-])ccc1F. The highest BCUT2D eigenvalue weighted by molar-refractivity contribution is 14.1. The molecule has 0 aliphatic rings. The van der Waals surface area contributed by atoms with Gasteiger partial charge in [0.25, 0.3) is 5.69 Å². The van der Waals surface area contributed by atoms with E-state index in [0.717, 1.165) is 23.9 Å². The molecule has 2 aromatic carbocycles. The minimum absolute atomic E-state index is 0.0758. The molecule has 0 amide bonds. The molecular weight excluding hydrogens is 412 g/mol. The Balaban J connectivity index is 2.41. The molecule has 0 saturated heterocycles. The Labute approximate surface area is 136 Å². The predicted octanol–water partition coefficient (Wildman–Crippen LogP) is 4.19. The third-order valence-electron chi connectivity index (χ3n) is 2.51. The minimum Gasteiger partial charge on any atom is -0.478 e. The van der Waals surface area contributed by atoms with Crippen LogP contribution in [0.3, 0.4) is 0 Å². The van der Waals surface area contributed by atoms with Crippen molar-refractivity contribution < 1.29 is 19.2 Å². The summed E-state index contributed by atoms with van der Waals surface area (Å²) in [7, 11) is 0. The van der Waals surface area contributed by atoms with Crippen molar-refractivity contribution in [3.8, 4) is 0 Å². The van der Waals surface area contributed by atoms with E-state index in [1.807, 2.05) is 22.6 Å². The van der Waals surface area contributed by atoms with Crippen LogP contribution in [-0.4, -0.2) is 16.0 Å². The predicted molar refractivity (Wildman–Crippen MR) is 83.3 cm³/mol. The highest BCUT2D eigenvalue weighted by Gasteiger charge is 2.17. The van der Waals surface area contributed by atoms with Gasteiger partial charge in [-0.2, -0.15) is 0 Å². The van der Waals surface area contributed by atoms with Crippen LogP contribution in [0, 0.1) is 19.5 Å². The van der Waals surface area contributed by atoms with Gasteiger partial charge in [-0.3, -0.25) is 10.1 Å². The summed E-state index contributed by atoms with van der Waals surface area (Å²) in [5.41, 5.74) is -0.540. The summed E-state index contributed by atoms with van der Waals surface area (Å²) in [6.45, 7) is 0. The van der Waals surface area contributed by atoms with Gasteiger partial charge >= 0.3 is 5.97 Å². The van der Waals surface area contributed by atoms with Crippen LogP contribution in [0.1, 0.15) is 10.4 Å². The van der Waals surface area contributed by atoms with Gasteiger partial charge in [-0.1, -0.05) is 11.8 Å². The second kappa shape index (κ2) is 6.39. The van der Waals surface area contributed by atoms with E-state index >= 15 is 0 Å². The zero-order chi connectivity index (χ0) is 15.6. The molecular formula is C13H7FINO4S. The number of aromatic carboxylic acids is 1. The quantitative estimate of drug-likeness (QED) is 0.457. The molecule has 0 aromatic heterocycles. The van der Waals surface area contributed by atoms with E-state index in [9.17, 15) is 19.3 Å². The highest BCUT2D eigenvalue weighted by atomic mass is 127. The maximum atomic E-state index is 13.3. The summed E-state index contributed by atoms with van der Waals surface area (Å²) in [6, 6.07) is 8.28. The number of carboxylic acid groups (broad SMARTS) is 1. The number of carboxylic acids is 1. The van der Waals surface area contributed by atoms with E-state index in [4.69, 9.17) is 5.11 Å². The fraction of sp³-hybridized carbons (Fsp3) is 0. The smallest absolute Gasteiger partial charge is 0.338 e. The van der Waals surface area contributed by atoms with Crippen molar-refractivity contribution in [1.29, 1.82) is 0 Å². The van der Waals surface area contributed by atoms with Crippen molar-refractivity contribution in [2.75, 3.05) is 0 Å². The van der Waals surface area contributed by atoms with Crippen LogP contribution in [0.4, 0.5) is 10.1 Å². The van der Waals surface area contributed by atoms with Crippen molar-refractivity contribution in [3.63, 3.8) is 0 Å². The first kappa shape index (κ1) is 15.7. The van der Waals surface area contributed by atoms with Crippen molar-refractivity contribution in [2.45, 2.75) is 9.79 Å². The van der Waals surface area contributed by atoms with Crippen molar-refractivity contribution in [3.05, 3.63) is 61.5 Å². The van der Waals surface area contributed by atoms with Crippen LogP contribution in [0.15, 0.2) is 46.2 Å². The van der Waals surface area contributed by atoms with E-state index in [1.54, 1.807) is 12.1 Å². The fourth-order valence-corrected chi connectivity index (χ4v) is 2.99. The van der Waals surface area contributed by atoms with E-state index in [-0.39, 0.29) is 5.69 Å². The Morgan fingerprint density at radius 3 is 2.62 bits per heavy atom. The topological polar surface area (TPSA) is 80.4 Å². The number of nitro groups is 1. The maximum Gasteiger partial charge on any atom is 0.338 e. The average Bonchev–Trinajstić information content (AvgIpc) is 2.42. The van der Waals surface area contributed by atoms with Gasteiger partial charge in [-0.15, -0.1) is 0 Å². The minimum atomic E-state index is -1.38. The molecule has 0 bridgehead atoms. The summed E-state index contributed by atoms with van der Waals surface area (Å²) >= 11 is 2.98. The number of hydrogen-bond donors (Lipinski definition) is 1. The Morgan fingerprint density at radius 1 is 1.29 bits per heavy atom. The van der Waals surface area contributed by atoms with Gasteiger partial charge < -0.3 is 5.11 Å². The van der Waals surface area contributed by atoms with Crippen LogP contribution in [0.5, 0.6) is 0 Å². The van der Waals surface area contributed by atoms with Gasteiger partial charge in [0.05, 0.1) is 15.4 Å². The molecule has 0 atom stereocenters. The van der Waals surface area contributed by atoms with Crippen LogP contribution < -0.4 is 0 Å². The summed E-state index contributed by atoms with van der Waals surface area (Å²) < 4.78 is 14.0. The number of nitrogens with zero attached hydrogens (tertiary/aromatic N) is 1. The molecule has 1 N–H and O–H groups in total. The molecule has 108 valence electrons. The van der Waals surface area contributed by atoms with Crippen LogP contribution in [-0.2, 0) is 0 Å². The molecule has 8 heteroatoms. The van der Waals surface area contributed by atoms with Crippen molar-refractivity contribution in [2.24, 2.45) is 0 Å². The molecule has 0 fully saturated rings. The third kappa shape index (κ3) is 3.70. The van der Waals surface area contributed by atoms with Crippen LogP contribution in [0.2, 0.25) is 0 Å². The lowest BCUT2D eigenvalue weighted by atomic mass is 10.2. The molecule has 0 heterocycles. The number of hydrogen-bond acceptors (Lipinski definition) is 4. The Kier molecular flexibility index (Phi) is 4.78. The lowest BCUT2D eigenvalue weighted by molar-refractivity contribution is -0.387. The van der Waals surface area contributed by atoms with Gasteiger partial charge in [-0.25, -0.2) is 9.18 Å². The second-order valence-electron chi connectivity index (χ2n) is 3.92. The lowest BCUT2D eigenvalue weighted by Crippen LogP contribution is -2.00. The molecule has 2 aromatic rings. The Bertz CT molecular complexity index is 738. The molecule has 5 nitrogen and oxygen atoms in total. The van der Waals surface area contributed by atoms with Crippen LogP contribution in [0.25, 0.3) is 0 Å². The largest absolute Gasteiger partial charge is 0.478 e. The summed E-state index contributed by atoms with van der Waals surface area (Å²) in [4.78, 5) is 22.2. The first-order valence-electron chi connectivity index (χ1n) is 5.53. The number of halogens is 2. The van der Waals surface area contributed by atoms with Gasteiger partial charge in [0.2, 0.25) is 0 Å². The molecule has 0 spiro atoms. The maximum absolute atomic E-state index is 13.3. The zero-order valence-corrected chi connectivity index (χ0v) is 13.2. The third-order valence-corrected chi connectivity index (χ3v) is 4.24. The first-order valence-corrected chi connectivity index (χ1v) is 7.42. The zero-order valence-electron chi connectivity index (χ0n) is 10.2. The number of nitro benzene ring substituents is 1. The van der Waals surface area contributed by atoms with Crippen molar-refractivity contribution >= 4 is 46.0 Å². The molecule has 0 radical (unpaired) electrons. The standard InChI is InChI=1S/C13H7FINO4S/c14-10-3-2-8(6-9(10)13(17)18)21-12-4-1-7(15)5-11(12)16(19)20/h1-6H,(H,17,18). The van der Waals surface area contributed by atoms with Gasteiger partial charge in [0.1, 0.15) is 5.82 Å².